The van der Waals surface area contributed by atoms with Gasteiger partial charge in [0.15, 0.2) is 11.5 Å². The van der Waals surface area contributed by atoms with Gasteiger partial charge in [-0.3, -0.25) is 19.3 Å². The van der Waals surface area contributed by atoms with Crippen molar-refractivity contribution in [3.8, 4) is 17.2 Å². The summed E-state index contributed by atoms with van der Waals surface area (Å²) in [4.78, 5) is 39.6. The van der Waals surface area contributed by atoms with Gasteiger partial charge < -0.3 is 19.5 Å². The van der Waals surface area contributed by atoms with Gasteiger partial charge in [-0.2, -0.15) is 0 Å². The van der Waals surface area contributed by atoms with Crippen molar-refractivity contribution in [2.45, 2.75) is 13.1 Å². The Morgan fingerprint density at radius 1 is 0.824 bits per heavy atom. The zero-order valence-electron chi connectivity index (χ0n) is 19.1. The van der Waals surface area contributed by atoms with E-state index in [9.17, 15) is 14.4 Å². The second-order valence-corrected chi connectivity index (χ2v) is 7.61. The van der Waals surface area contributed by atoms with Gasteiger partial charge in [0.05, 0.1) is 44.6 Å². The number of fused-ring (bicyclic) bond motifs is 1. The molecule has 3 aromatic rings. The van der Waals surface area contributed by atoms with E-state index in [1.165, 1.54) is 19.1 Å². The molecule has 0 fully saturated rings. The molecule has 0 bridgehead atoms. The summed E-state index contributed by atoms with van der Waals surface area (Å²) in [6.45, 7) is 0.241. The van der Waals surface area contributed by atoms with Crippen molar-refractivity contribution in [3.05, 3.63) is 88.5 Å². The van der Waals surface area contributed by atoms with Gasteiger partial charge in [0, 0.05) is 12.1 Å². The van der Waals surface area contributed by atoms with Gasteiger partial charge in [0.25, 0.3) is 17.7 Å². The lowest BCUT2D eigenvalue weighted by atomic mass is 10.1. The van der Waals surface area contributed by atoms with Crippen LogP contribution in [0.25, 0.3) is 0 Å². The number of hydrogen-bond donors (Lipinski definition) is 1. The van der Waals surface area contributed by atoms with Gasteiger partial charge in [-0.05, 0) is 35.9 Å². The Morgan fingerprint density at radius 2 is 1.50 bits per heavy atom. The van der Waals surface area contributed by atoms with Crippen molar-refractivity contribution in [3.63, 3.8) is 0 Å². The van der Waals surface area contributed by atoms with E-state index in [1.807, 2.05) is 12.1 Å². The Labute approximate surface area is 197 Å². The third-order valence-electron chi connectivity index (χ3n) is 5.65. The van der Waals surface area contributed by atoms with E-state index in [4.69, 9.17) is 14.2 Å². The van der Waals surface area contributed by atoms with E-state index in [0.717, 1.165) is 5.56 Å². The number of nitrogens with zero attached hydrogens (tertiary/aromatic N) is 1. The molecule has 0 radical (unpaired) electrons. The summed E-state index contributed by atoms with van der Waals surface area (Å²) >= 11 is 0. The predicted octanol–water partition coefficient (Wildman–Crippen LogP) is 3.44. The Bertz CT molecular complexity index is 1230. The van der Waals surface area contributed by atoms with Crippen LogP contribution in [0, 0.1) is 0 Å². The van der Waals surface area contributed by atoms with Crippen molar-refractivity contribution in [1.29, 1.82) is 0 Å². The van der Waals surface area contributed by atoms with E-state index >= 15 is 0 Å². The average Bonchev–Trinajstić information content (AvgIpc) is 3.11. The Morgan fingerprint density at radius 3 is 2.12 bits per heavy atom. The monoisotopic (exact) mass is 460 g/mol. The number of ether oxygens (including phenoxy) is 3. The van der Waals surface area contributed by atoms with Crippen molar-refractivity contribution in [2.24, 2.45) is 0 Å². The van der Waals surface area contributed by atoms with Crippen LogP contribution in [0.15, 0.2) is 60.7 Å². The molecule has 0 saturated carbocycles. The van der Waals surface area contributed by atoms with Gasteiger partial charge in [0.2, 0.25) is 0 Å². The maximum Gasteiger partial charge on any atom is 0.261 e. The molecule has 1 aliphatic rings. The first kappa shape index (κ1) is 22.8. The quantitative estimate of drug-likeness (QED) is 0.518. The summed E-state index contributed by atoms with van der Waals surface area (Å²) in [5.41, 5.74) is 2.42. The zero-order valence-corrected chi connectivity index (χ0v) is 19.1. The molecule has 0 unspecified atom stereocenters. The van der Waals surface area contributed by atoms with Crippen LogP contribution in [-0.2, 0) is 13.1 Å². The predicted molar refractivity (Wildman–Crippen MR) is 124 cm³/mol. The minimum Gasteiger partial charge on any atom is -0.496 e. The van der Waals surface area contributed by atoms with Gasteiger partial charge in [-0.15, -0.1) is 0 Å². The number of carbonyl (C=O) groups is 3. The number of imide groups is 1. The fourth-order valence-electron chi connectivity index (χ4n) is 3.96. The number of amides is 3. The first-order valence-corrected chi connectivity index (χ1v) is 10.6. The molecule has 8 heteroatoms. The van der Waals surface area contributed by atoms with Crippen molar-refractivity contribution in [1.82, 2.24) is 10.2 Å². The van der Waals surface area contributed by atoms with Crippen LogP contribution >= 0.6 is 0 Å². The standard InChI is InChI=1S/C26H24N2O6/c1-32-21-12-11-16(15-28-25(30)18-8-4-5-9-19(18)26(28)31)13-20(21)24(29)27-14-17-7-6-10-22(33-2)23(17)34-3/h4-13H,14-15H2,1-3H3,(H,27,29). The molecule has 0 saturated heterocycles. The summed E-state index contributed by atoms with van der Waals surface area (Å²) in [5, 5.41) is 2.87. The van der Waals surface area contributed by atoms with Gasteiger partial charge in [-0.1, -0.05) is 30.3 Å². The summed E-state index contributed by atoms with van der Waals surface area (Å²) in [7, 11) is 4.56. The first-order valence-electron chi connectivity index (χ1n) is 10.6. The first-order chi connectivity index (χ1) is 16.5. The molecule has 0 spiro atoms. The highest BCUT2D eigenvalue weighted by molar-refractivity contribution is 6.21. The number of hydrogen-bond acceptors (Lipinski definition) is 6. The van der Waals surface area contributed by atoms with E-state index in [-0.39, 0.29) is 30.8 Å². The minimum atomic E-state index is -0.370. The van der Waals surface area contributed by atoms with Gasteiger partial charge >= 0.3 is 0 Å². The molecule has 1 heterocycles. The topological polar surface area (TPSA) is 94.2 Å². The summed E-state index contributed by atoms with van der Waals surface area (Å²) in [6, 6.07) is 17.1. The molecule has 0 aromatic heterocycles. The highest BCUT2D eigenvalue weighted by atomic mass is 16.5. The molecular weight excluding hydrogens is 436 g/mol. The third-order valence-corrected chi connectivity index (χ3v) is 5.65. The highest BCUT2D eigenvalue weighted by Crippen LogP contribution is 2.31. The highest BCUT2D eigenvalue weighted by Gasteiger charge is 2.35. The zero-order chi connectivity index (χ0) is 24.2. The molecule has 174 valence electrons. The van der Waals surface area contributed by atoms with E-state index < -0.39 is 0 Å². The van der Waals surface area contributed by atoms with E-state index in [2.05, 4.69) is 5.32 Å². The second-order valence-electron chi connectivity index (χ2n) is 7.61. The largest absolute Gasteiger partial charge is 0.496 e. The van der Waals surface area contributed by atoms with Gasteiger partial charge in [-0.25, -0.2) is 0 Å². The number of benzene rings is 3. The molecule has 1 aliphatic heterocycles. The normalized spacial score (nSPS) is 12.4. The second kappa shape index (κ2) is 9.66. The molecule has 3 aromatic carbocycles. The number of para-hydroxylation sites is 1. The SMILES string of the molecule is COc1ccc(CN2C(=O)c3ccccc3C2=O)cc1C(=O)NCc1cccc(OC)c1OC. The van der Waals surface area contributed by atoms with Crippen LogP contribution in [0.4, 0.5) is 0 Å². The van der Waals surface area contributed by atoms with Crippen LogP contribution < -0.4 is 19.5 Å². The molecule has 34 heavy (non-hydrogen) atoms. The van der Waals surface area contributed by atoms with Crippen molar-refractivity contribution < 1.29 is 28.6 Å². The lowest BCUT2D eigenvalue weighted by Gasteiger charge is -2.16. The van der Waals surface area contributed by atoms with E-state index in [1.54, 1.807) is 55.6 Å². The molecule has 3 amide bonds. The van der Waals surface area contributed by atoms with Crippen molar-refractivity contribution in [2.75, 3.05) is 21.3 Å². The van der Waals surface area contributed by atoms with Gasteiger partial charge in [0.1, 0.15) is 5.75 Å². The average molecular weight is 460 g/mol. The number of rotatable bonds is 8. The van der Waals surface area contributed by atoms with Crippen LogP contribution in [0.2, 0.25) is 0 Å². The van der Waals surface area contributed by atoms with Crippen molar-refractivity contribution >= 4 is 17.7 Å². The number of nitrogens with one attached hydrogen (secondary N) is 1. The molecule has 0 atom stereocenters. The Kier molecular flexibility index (Phi) is 6.49. The third kappa shape index (κ3) is 4.17. The molecule has 8 nitrogen and oxygen atoms in total. The summed E-state index contributed by atoms with van der Waals surface area (Å²) in [5.74, 6) is 0.402. The molecule has 4 rings (SSSR count). The lowest BCUT2D eigenvalue weighted by Crippen LogP contribution is -2.29. The fraction of sp³-hybridized carbons (Fsp3) is 0.192. The van der Waals surface area contributed by atoms with Crippen LogP contribution in [0.3, 0.4) is 0 Å². The maximum atomic E-state index is 13.0. The lowest BCUT2D eigenvalue weighted by molar-refractivity contribution is 0.0642. The number of carbonyl (C=O) groups excluding carboxylic acids is 3. The number of methoxy groups -OCH3 is 3. The Hall–Kier alpha value is -4.33. The maximum absolute atomic E-state index is 13.0. The smallest absolute Gasteiger partial charge is 0.261 e. The minimum absolute atomic E-state index is 0.0420. The Balaban J connectivity index is 1.54. The summed E-state index contributed by atoms with van der Waals surface area (Å²) < 4.78 is 16.1. The summed E-state index contributed by atoms with van der Waals surface area (Å²) in [6.07, 6.45) is 0. The van der Waals surface area contributed by atoms with Crippen LogP contribution in [-0.4, -0.2) is 44.0 Å². The van der Waals surface area contributed by atoms with Crippen LogP contribution in [0.1, 0.15) is 42.2 Å². The molecular formula is C26H24N2O6. The molecule has 1 N–H and O–H groups in total. The molecule has 0 aliphatic carbocycles. The van der Waals surface area contributed by atoms with Crippen LogP contribution in [0.5, 0.6) is 17.2 Å². The fourth-order valence-corrected chi connectivity index (χ4v) is 3.96. The van der Waals surface area contributed by atoms with E-state index in [0.29, 0.717) is 39.5 Å².